The third-order valence-electron chi connectivity index (χ3n) is 4.23. The molecule has 2 rings (SSSR count). The van der Waals surface area contributed by atoms with E-state index in [2.05, 4.69) is 5.32 Å². The first kappa shape index (κ1) is 21.6. The largest absolute Gasteiger partial charge is 0.497 e. The number of nitrogens with zero attached hydrogens (tertiary/aromatic N) is 1. The van der Waals surface area contributed by atoms with Crippen molar-refractivity contribution in [3.05, 3.63) is 48.0 Å². The molecule has 2 aromatic rings. The summed E-state index contributed by atoms with van der Waals surface area (Å²) < 4.78 is 36.1. The number of para-hydroxylation sites is 1. The van der Waals surface area contributed by atoms with Gasteiger partial charge in [-0.25, -0.2) is 8.42 Å². The predicted octanol–water partition coefficient (Wildman–Crippen LogP) is 3.20. The maximum absolute atomic E-state index is 12.3. The molecule has 0 aromatic heterocycles. The molecule has 0 bridgehead atoms. The molecule has 0 heterocycles. The monoisotopic (exact) mass is 406 g/mol. The molecule has 0 unspecified atom stereocenters. The van der Waals surface area contributed by atoms with E-state index in [-0.39, 0.29) is 18.9 Å². The van der Waals surface area contributed by atoms with Crippen LogP contribution in [0, 0.1) is 6.92 Å². The van der Waals surface area contributed by atoms with Gasteiger partial charge in [0.15, 0.2) is 0 Å². The van der Waals surface area contributed by atoms with E-state index < -0.39 is 10.0 Å². The average molecular weight is 407 g/mol. The van der Waals surface area contributed by atoms with Crippen LogP contribution in [0.3, 0.4) is 0 Å². The maximum Gasteiger partial charge on any atom is 0.232 e. The molecule has 152 valence electrons. The molecule has 7 nitrogen and oxygen atoms in total. The highest BCUT2D eigenvalue weighted by Crippen LogP contribution is 2.29. The fourth-order valence-corrected chi connectivity index (χ4v) is 3.84. The Morgan fingerprint density at radius 2 is 1.82 bits per heavy atom. The fraction of sp³-hybridized carbons (Fsp3) is 0.350. The molecule has 1 amide bonds. The number of nitrogens with one attached hydrogen (secondary N) is 1. The van der Waals surface area contributed by atoms with Gasteiger partial charge in [0.2, 0.25) is 15.9 Å². The van der Waals surface area contributed by atoms with Crippen LogP contribution in [0.4, 0.5) is 11.4 Å². The number of hydrogen-bond acceptors (Lipinski definition) is 5. The lowest BCUT2D eigenvalue weighted by atomic mass is 10.2. The fourth-order valence-electron chi connectivity index (χ4n) is 2.82. The van der Waals surface area contributed by atoms with Gasteiger partial charge >= 0.3 is 0 Å². The smallest absolute Gasteiger partial charge is 0.232 e. The van der Waals surface area contributed by atoms with E-state index in [1.165, 1.54) is 17.7 Å². The SMILES string of the molecule is COc1ccc(OC)c(NC(=O)CCCN(c2ccccc2C)S(C)(=O)=O)c1. The normalized spacial score (nSPS) is 11.0. The van der Waals surface area contributed by atoms with Crippen LogP contribution in [0.5, 0.6) is 11.5 Å². The van der Waals surface area contributed by atoms with Crippen LogP contribution in [-0.2, 0) is 14.8 Å². The van der Waals surface area contributed by atoms with Crippen LogP contribution in [-0.4, -0.2) is 41.3 Å². The third-order valence-corrected chi connectivity index (χ3v) is 5.41. The Hall–Kier alpha value is -2.74. The lowest BCUT2D eigenvalue weighted by Gasteiger charge is -2.24. The van der Waals surface area contributed by atoms with E-state index in [4.69, 9.17) is 9.47 Å². The van der Waals surface area contributed by atoms with E-state index in [1.807, 2.05) is 19.1 Å². The zero-order valence-corrected chi connectivity index (χ0v) is 17.4. The molecule has 0 aliphatic heterocycles. The molecule has 0 saturated carbocycles. The number of ether oxygens (including phenoxy) is 2. The van der Waals surface area contributed by atoms with Crippen LogP contribution in [0.25, 0.3) is 0 Å². The minimum absolute atomic E-state index is 0.165. The summed E-state index contributed by atoms with van der Waals surface area (Å²) in [5.41, 5.74) is 1.99. The molecular weight excluding hydrogens is 380 g/mol. The van der Waals surface area contributed by atoms with Crippen molar-refractivity contribution in [1.82, 2.24) is 0 Å². The zero-order chi connectivity index (χ0) is 20.7. The van der Waals surface area contributed by atoms with Gasteiger partial charge in [-0.3, -0.25) is 9.10 Å². The van der Waals surface area contributed by atoms with Crippen LogP contribution in [0.2, 0.25) is 0 Å². The van der Waals surface area contributed by atoms with Gasteiger partial charge in [-0.2, -0.15) is 0 Å². The van der Waals surface area contributed by atoms with Crippen molar-refractivity contribution in [3.63, 3.8) is 0 Å². The van der Waals surface area contributed by atoms with Crippen LogP contribution in [0.1, 0.15) is 18.4 Å². The van der Waals surface area contributed by atoms with Gasteiger partial charge in [0.1, 0.15) is 11.5 Å². The average Bonchev–Trinajstić information content (AvgIpc) is 2.65. The summed E-state index contributed by atoms with van der Waals surface area (Å²) in [7, 11) is -0.394. The second kappa shape index (κ2) is 9.45. The van der Waals surface area contributed by atoms with Crippen LogP contribution in [0.15, 0.2) is 42.5 Å². The highest BCUT2D eigenvalue weighted by atomic mass is 32.2. The summed E-state index contributed by atoms with van der Waals surface area (Å²) in [6.07, 6.45) is 1.71. The lowest BCUT2D eigenvalue weighted by molar-refractivity contribution is -0.116. The standard InChI is InChI=1S/C20H26N2O5S/c1-15-8-5-6-9-18(15)22(28(4,24)25)13-7-10-20(23)21-17-14-16(26-2)11-12-19(17)27-3/h5-6,8-9,11-12,14H,7,10,13H2,1-4H3,(H,21,23). The van der Waals surface area contributed by atoms with Gasteiger partial charge in [0.25, 0.3) is 0 Å². The Bertz CT molecular complexity index is 928. The van der Waals surface area contributed by atoms with E-state index in [0.29, 0.717) is 29.3 Å². The van der Waals surface area contributed by atoms with E-state index in [1.54, 1.807) is 37.4 Å². The second-order valence-electron chi connectivity index (χ2n) is 6.34. The Morgan fingerprint density at radius 3 is 2.43 bits per heavy atom. The number of carbonyl (C=O) groups excluding carboxylic acids is 1. The first-order valence-corrected chi connectivity index (χ1v) is 10.7. The van der Waals surface area contributed by atoms with Gasteiger partial charge in [-0.05, 0) is 37.1 Å². The number of carbonyl (C=O) groups is 1. The molecule has 28 heavy (non-hydrogen) atoms. The van der Waals surface area contributed by atoms with Crippen LogP contribution >= 0.6 is 0 Å². The number of anilines is 2. The number of rotatable bonds is 9. The van der Waals surface area contributed by atoms with E-state index in [9.17, 15) is 13.2 Å². The predicted molar refractivity (Wildman–Crippen MR) is 111 cm³/mol. The number of amides is 1. The summed E-state index contributed by atoms with van der Waals surface area (Å²) in [5, 5.41) is 2.79. The quantitative estimate of drug-likeness (QED) is 0.691. The van der Waals surface area contributed by atoms with Crippen LogP contribution < -0.4 is 19.1 Å². The molecule has 2 aromatic carbocycles. The van der Waals surface area contributed by atoms with Gasteiger partial charge in [0, 0.05) is 19.0 Å². The van der Waals surface area contributed by atoms with Gasteiger partial charge in [-0.15, -0.1) is 0 Å². The summed E-state index contributed by atoms with van der Waals surface area (Å²) in [5.74, 6) is 0.885. The lowest BCUT2D eigenvalue weighted by Crippen LogP contribution is -2.32. The number of hydrogen-bond donors (Lipinski definition) is 1. The maximum atomic E-state index is 12.3. The third kappa shape index (κ3) is 5.63. The zero-order valence-electron chi connectivity index (χ0n) is 16.6. The van der Waals surface area contributed by atoms with Gasteiger partial charge < -0.3 is 14.8 Å². The Morgan fingerprint density at radius 1 is 1.11 bits per heavy atom. The molecule has 8 heteroatoms. The summed E-state index contributed by atoms with van der Waals surface area (Å²) in [6.45, 7) is 2.07. The van der Waals surface area contributed by atoms with E-state index >= 15 is 0 Å². The molecule has 0 saturated heterocycles. The van der Waals surface area contributed by atoms with Crippen molar-refractivity contribution in [1.29, 1.82) is 0 Å². The van der Waals surface area contributed by atoms with Crippen molar-refractivity contribution in [2.24, 2.45) is 0 Å². The van der Waals surface area contributed by atoms with E-state index in [0.717, 1.165) is 5.56 Å². The second-order valence-corrected chi connectivity index (χ2v) is 8.25. The van der Waals surface area contributed by atoms with Crippen molar-refractivity contribution in [2.75, 3.05) is 36.6 Å². The first-order valence-electron chi connectivity index (χ1n) is 8.81. The van der Waals surface area contributed by atoms with Crippen molar-refractivity contribution >= 4 is 27.3 Å². The molecular formula is C20H26N2O5S. The molecule has 0 fully saturated rings. The highest BCUT2D eigenvalue weighted by Gasteiger charge is 2.19. The van der Waals surface area contributed by atoms with Crippen molar-refractivity contribution in [3.8, 4) is 11.5 Å². The Balaban J connectivity index is 2.03. The number of sulfonamides is 1. The molecule has 0 spiro atoms. The number of benzene rings is 2. The molecule has 0 aliphatic carbocycles. The summed E-state index contributed by atoms with van der Waals surface area (Å²) in [4.78, 5) is 12.3. The summed E-state index contributed by atoms with van der Waals surface area (Å²) >= 11 is 0. The molecule has 1 N–H and O–H groups in total. The molecule has 0 aliphatic rings. The number of methoxy groups -OCH3 is 2. The topological polar surface area (TPSA) is 84.9 Å². The minimum Gasteiger partial charge on any atom is -0.497 e. The van der Waals surface area contributed by atoms with Crippen molar-refractivity contribution in [2.45, 2.75) is 19.8 Å². The summed E-state index contributed by atoms with van der Waals surface area (Å²) in [6, 6.07) is 12.4. The van der Waals surface area contributed by atoms with Gasteiger partial charge in [-0.1, -0.05) is 18.2 Å². The highest BCUT2D eigenvalue weighted by molar-refractivity contribution is 7.92. The molecule has 0 atom stereocenters. The Kier molecular flexibility index (Phi) is 7.28. The van der Waals surface area contributed by atoms with Crippen molar-refractivity contribution < 1.29 is 22.7 Å². The van der Waals surface area contributed by atoms with Gasteiger partial charge in [0.05, 0.1) is 31.9 Å². The number of aryl methyl sites for hydroxylation is 1. The first-order chi connectivity index (χ1) is 13.3. The molecule has 0 radical (unpaired) electrons. The Labute approximate surface area is 166 Å². The minimum atomic E-state index is -3.45.